The van der Waals surface area contributed by atoms with Crippen molar-refractivity contribution >= 4 is 11.0 Å². The second kappa shape index (κ2) is 5.66. The van der Waals surface area contributed by atoms with E-state index >= 15 is 0 Å². The van der Waals surface area contributed by atoms with Gasteiger partial charge < -0.3 is 9.55 Å². The molecule has 0 aromatic carbocycles. The van der Waals surface area contributed by atoms with Crippen molar-refractivity contribution in [2.45, 2.75) is 12.5 Å². The summed E-state index contributed by atoms with van der Waals surface area (Å²) in [5.74, 6) is 0. The summed E-state index contributed by atoms with van der Waals surface area (Å²) in [5.41, 5.74) is 3.86. The van der Waals surface area contributed by atoms with Crippen molar-refractivity contribution in [3.05, 3.63) is 55.1 Å². The molecule has 0 saturated carbocycles. The summed E-state index contributed by atoms with van der Waals surface area (Å²) in [6.07, 6.45) is 11.3. The number of aromatic nitrogens is 6. The Kier molecular flexibility index (Phi) is 3.35. The minimum Gasteiger partial charge on any atom is -0.346 e. The van der Waals surface area contributed by atoms with Gasteiger partial charge in [0.2, 0.25) is 0 Å². The van der Waals surface area contributed by atoms with Gasteiger partial charge in [0.15, 0.2) is 0 Å². The second-order valence-electron chi connectivity index (χ2n) is 5.61. The first-order chi connectivity index (χ1) is 11.8. The van der Waals surface area contributed by atoms with Crippen LogP contribution >= 0.6 is 0 Å². The number of aromatic amines is 1. The van der Waals surface area contributed by atoms with Crippen molar-refractivity contribution in [2.75, 3.05) is 0 Å². The maximum atomic E-state index is 9.19. The third kappa shape index (κ3) is 2.25. The summed E-state index contributed by atoms with van der Waals surface area (Å²) in [7, 11) is 1.92. The number of imidazole rings is 1. The smallest absolute Gasteiger partial charge is 0.137 e. The van der Waals surface area contributed by atoms with Gasteiger partial charge in [-0.2, -0.15) is 10.4 Å². The molecule has 4 rings (SSSR count). The fraction of sp³-hybridized carbons (Fsp3) is 0.176. The molecule has 0 bridgehead atoms. The van der Waals surface area contributed by atoms with Crippen molar-refractivity contribution in [3.63, 3.8) is 0 Å². The highest BCUT2D eigenvalue weighted by atomic mass is 15.3. The maximum Gasteiger partial charge on any atom is 0.137 e. The topological polar surface area (TPSA) is 88.1 Å². The number of H-pyrrole nitrogens is 1. The highest BCUT2D eigenvalue weighted by Crippen LogP contribution is 2.28. The van der Waals surface area contributed by atoms with E-state index in [1.165, 1.54) is 0 Å². The summed E-state index contributed by atoms with van der Waals surface area (Å²) in [4.78, 5) is 11.6. The monoisotopic (exact) mass is 317 g/mol. The van der Waals surface area contributed by atoms with Crippen LogP contribution in [0.4, 0.5) is 0 Å². The molecular weight excluding hydrogens is 302 g/mol. The minimum atomic E-state index is -0.167. The van der Waals surface area contributed by atoms with Crippen LogP contribution in [0.3, 0.4) is 0 Å². The van der Waals surface area contributed by atoms with E-state index in [1.54, 1.807) is 18.7 Å². The quantitative estimate of drug-likeness (QED) is 0.627. The molecule has 1 atom stereocenters. The zero-order valence-corrected chi connectivity index (χ0v) is 13.1. The number of nitrogens with zero attached hydrogens (tertiary/aromatic N) is 6. The van der Waals surface area contributed by atoms with Gasteiger partial charge in [-0.15, -0.1) is 0 Å². The summed E-state index contributed by atoms with van der Waals surface area (Å²) < 4.78 is 3.74. The predicted octanol–water partition coefficient (Wildman–Crippen LogP) is 2.66. The lowest BCUT2D eigenvalue weighted by Gasteiger charge is -2.14. The highest BCUT2D eigenvalue weighted by Gasteiger charge is 2.19. The van der Waals surface area contributed by atoms with Gasteiger partial charge in [0.25, 0.3) is 0 Å². The lowest BCUT2D eigenvalue weighted by atomic mass is 10.1. The van der Waals surface area contributed by atoms with Crippen LogP contribution < -0.4 is 0 Å². The Morgan fingerprint density at radius 1 is 1.33 bits per heavy atom. The molecule has 0 saturated heterocycles. The predicted molar refractivity (Wildman–Crippen MR) is 88.9 cm³/mol. The van der Waals surface area contributed by atoms with E-state index in [0.29, 0.717) is 6.42 Å². The molecule has 0 aliphatic heterocycles. The number of nitriles is 1. The maximum absolute atomic E-state index is 9.19. The number of aryl methyl sites for hydroxylation is 1. The van der Waals surface area contributed by atoms with Gasteiger partial charge in [-0.3, -0.25) is 4.68 Å². The third-order valence-electron chi connectivity index (χ3n) is 4.17. The van der Waals surface area contributed by atoms with Gasteiger partial charge in [-0.05, 0) is 17.7 Å². The lowest BCUT2D eigenvalue weighted by Crippen LogP contribution is -2.13. The fourth-order valence-corrected chi connectivity index (χ4v) is 2.97. The zero-order valence-electron chi connectivity index (χ0n) is 13.1. The zero-order chi connectivity index (χ0) is 16.5. The molecule has 7 nitrogen and oxygen atoms in total. The van der Waals surface area contributed by atoms with Crippen LogP contribution in [0.5, 0.6) is 0 Å². The van der Waals surface area contributed by atoms with Gasteiger partial charge >= 0.3 is 0 Å². The molecule has 0 fully saturated rings. The first kappa shape index (κ1) is 14.2. The number of pyridine rings is 1. The van der Waals surface area contributed by atoms with Crippen molar-refractivity contribution in [1.82, 2.24) is 29.3 Å². The number of hydrogen-bond acceptors (Lipinski definition) is 4. The summed E-state index contributed by atoms with van der Waals surface area (Å²) in [6.45, 7) is 0. The Balaban J connectivity index is 1.78. The number of rotatable bonds is 4. The molecule has 1 N–H and O–H groups in total. The van der Waals surface area contributed by atoms with E-state index in [1.807, 2.05) is 47.0 Å². The largest absolute Gasteiger partial charge is 0.346 e. The van der Waals surface area contributed by atoms with Crippen LogP contribution in [0.15, 0.2) is 49.4 Å². The van der Waals surface area contributed by atoms with E-state index < -0.39 is 0 Å². The third-order valence-corrected chi connectivity index (χ3v) is 4.17. The van der Waals surface area contributed by atoms with E-state index in [4.69, 9.17) is 0 Å². The Bertz CT molecular complexity index is 1030. The van der Waals surface area contributed by atoms with Gasteiger partial charge in [-0.25, -0.2) is 9.97 Å². The minimum absolute atomic E-state index is 0.167. The van der Waals surface area contributed by atoms with Crippen molar-refractivity contribution in [3.8, 4) is 17.2 Å². The molecule has 1 unspecified atom stereocenters. The SMILES string of the molecule is Cn1cncc1C(CC#N)n1cc(-c2ccnc3[nH]ccc23)cn1. The van der Waals surface area contributed by atoms with Gasteiger partial charge in [0.05, 0.1) is 36.9 Å². The average Bonchev–Trinajstić information content (AvgIpc) is 3.32. The van der Waals surface area contributed by atoms with Crippen LogP contribution in [0.25, 0.3) is 22.2 Å². The number of nitrogens with one attached hydrogen (secondary N) is 1. The van der Waals surface area contributed by atoms with Crippen LogP contribution in [0, 0.1) is 11.3 Å². The number of hydrogen-bond donors (Lipinski definition) is 1. The van der Waals surface area contributed by atoms with E-state index in [9.17, 15) is 5.26 Å². The average molecular weight is 317 g/mol. The Labute approximate surface area is 138 Å². The Morgan fingerprint density at radius 3 is 3.04 bits per heavy atom. The lowest BCUT2D eigenvalue weighted by molar-refractivity contribution is 0.505. The second-order valence-corrected chi connectivity index (χ2v) is 5.61. The fourth-order valence-electron chi connectivity index (χ4n) is 2.97. The Morgan fingerprint density at radius 2 is 2.25 bits per heavy atom. The van der Waals surface area contributed by atoms with Crippen molar-refractivity contribution in [1.29, 1.82) is 5.26 Å². The van der Waals surface area contributed by atoms with Gasteiger partial charge in [0, 0.05) is 36.6 Å². The summed E-state index contributed by atoms with van der Waals surface area (Å²) >= 11 is 0. The molecule has 0 aliphatic carbocycles. The van der Waals surface area contributed by atoms with Gasteiger partial charge in [0.1, 0.15) is 11.7 Å². The van der Waals surface area contributed by atoms with Crippen molar-refractivity contribution in [2.24, 2.45) is 7.05 Å². The molecule has 0 aliphatic rings. The molecule has 7 heteroatoms. The summed E-state index contributed by atoms with van der Waals surface area (Å²) in [6, 6.07) is 6.05. The van der Waals surface area contributed by atoms with E-state index in [-0.39, 0.29) is 6.04 Å². The molecule has 4 aromatic heterocycles. The first-order valence-electron chi connectivity index (χ1n) is 7.57. The van der Waals surface area contributed by atoms with Gasteiger partial charge in [-0.1, -0.05) is 0 Å². The Hall–Kier alpha value is -3.40. The molecule has 4 aromatic rings. The molecule has 0 amide bonds. The molecule has 24 heavy (non-hydrogen) atoms. The standard InChI is InChI=1S/C17H15N7/c1-23-11-19-9-16(23)15(2-5-18)24-10-12(8-22-24)13-3-6-20-17-14(13)4-7-21-17/h3-4,6-11,15H,2H2,1H3,(H,20,21). The summed E-state index contributed by atoms with van der Waals surface area (Å²) in [5, 5.41) is 14.7. The first-order valence-corrected chi connectivity index (χ1v) is 7.57. The molecule has 0 radical (unpaired) electrons. The van der Waals surface area contributed by atoms with E-state index in [0.717, 1.165) is 27.9 Å². The molecule has 118 valence electrons. The van der Waals surface area contributed by atoms with Crippen LogP contribution in [0.1, 0.15) is 18.2 Å². The molecule has 4 heterocycles. The van der Waals surface area contributed by atoms with Crippen LogP contribution in [-0.4, -0.2) is 29.3 Å². The van der Waals surface area contributed by atoms with E-state index in [2.05, 4.69) is 26.1 Å². The molecule has 0 spiro atoms. The highest BCUT2D eigenvalue weighted by molar-refractivity contribution is 5.92. The van der Waals surface area contributed by atoms with Crippen molar-refractivity contribution < 1.29 is 0 Å². The van der Waals surface area contributed by atoms with Crippen LogP contribution in [0.2, 0.25) is 0 Å². The number of fused-ring (bicyclic) bond motifs is 1. The molecular formula is C17H15N7. The van der Waals surface area contributed by atoms with Crippen LogP contribution in [-0.2, 0) is 7.05 Å². The normalized spacial score (nSPS) is 12.3.